The Hall–Kier alpha value is -2.47. The van der Waals surface area contributed by atoms with E-state index in [1.165, 1.54) is 4.90 Å². The normalized spacial score (nSPS) is 10.1. The highest BCUT2D eigenvalue weighted by Crippen LogP contribution is 2.16. The van der Waals surface area contributed by atoms with Gasteiger partial charge in [-0.15, -0.1) is 11.8 Å². The van der Waals surface area contributed by atoms with Crippen molar-refractivity contribution in [2.45, 2.75) is 11.8 Å². The molecule has 6 heteroatoms. The van der Waals surface area contributed by atoms with Crippen LogP contribution in [0.3, 0.4) is 0 Å². The van der Waals surface area contributed by atoms with Crippen molar-refractivity contribution in [3.05, 3.63) is 60.2 Å². The molecule has 0 saturated heterocycles. The van der Waals surface area contributed by atoms with Gasteiger partial charge in [0, 0.05) is 17.2 Å². The maximum absolute atomic E-state index is 11.8. The molecule has 0 aliphatic rings. The van der Waals surface area contributed by atoms with E-state index >= 15 is 0 Å². The molecule has 1 amide bonds. The molecular formula is C19H21NO4S. The summed E-state index contributed by atoms with van der Waals surface area (Å²) in [6.07, 6.45) is 0. The van der Waals surface area contributed by atoms with Gasteiger partial charge in [0.1, 0.15) is 5.75 Å². The smallest absolute Gasteiger partial charge is 0.338 e. The molecule has 0 aliphatic carbocycles. The van der Waals surface area contributed by atoms with E-state index in [0.717, 1.165) is 5.75 Å². The summed E-state index contributed by atoms with van der Waals surface area (Å²) in [5.74, 6) is 0.638. The van der Waals surface area contributed by atoms with E-state index in [4.69, 9.17) is 9.47 Å². The zero-order valence-corrected chi connectivity index (χ0v) is 14.9. The lowest BCUT2D eigenvalue weighted by Gasteiger charge is -2.08. The third-order valence-electron chi connectivity index (χ3n) is 3.15. The second-order valence-electron chi connectivity index (χ2n) is 5.05. The van der Waals surface area contributed by atoms with E-state index in [2.05, 4.69) is 5.32 Å². The van der Waals surface area contributed by atoms with Crippen molar-refractivity contribution in [3.8, 4) is 5.75 Å². The van der Waals surface area contributed by atoms with Gasteiger partial charge in [0.25, 0.3) is 5.91 Å². The van der Waals surface area contributed by atoms with Gasteiger partial charge in [0.15, 0.2) is 6.61 Å². The fraction of sp³-hybridized carbons (Fsp3) is 0.263. The summed E-state index contributed by atoms with van der Waals surface area (Å²) in [6.45, 7) is 2.53. The minimum absolute atomic E-state index is 0.0950. The van der Waals surface area contributed by atoms with Crippen LogP contribution in [0.1, 0.15) is 17.3 Å². The molecule has 5 nitrogen and oxygen atoms in total. The third-order valence-corrected chi connectivity index (χ3v) is 4.17. The number of rotatable bonds is 9. The monoisotopic (exact) mass is 359 g/mol. The second-order valence-corrected chi connectivity index (χ2v) is 6.22. The van der Waals surface area contributed by atoms with E-state index in [1.807, 2.05) is 30.3 Å². The number of hydrogen-bond donors (Lipinski definition) is 1. The molecule has 0 saturated carbocycles. The van der Waals surface area contributed by atoms with Gasteiger partial charge in [-0.3, -0.25) is 4.79 Å². The van der Waals surface area contributed by atoms with Crippen LogP contribution in [-0.4, -0.2) is 37.4 Å². The second kappa shape index (κ2) is 10.4. The van der Waals surface area contributed by atoms with Crippen LogP contribution in [0.15, 0.2) is 59.5 Å². The first kappa shape index (κ1) is 18.9. The molecule has 2 aromatic rings. The molecule has 0 aromatic heterocycles. The van der Waals surface area contributed by atoms with Crippen molar-refractivity contribution < 1.29 is 19.1 Å². The lowest BCUT2D eigenvalue weighted by atomic mass is 10.2. The van der Waals surface area contributed by atoms with Crippen molar-refractivity contribution in [1.82, 2.24) is 5.32 Å². The average Bonchev–Trinajstić information content (AvgIpc) is 2.65. The number of esters is 1. The first-order valence-electron chi connectivity index (χ1n) is 8.03. The lowest BCUT2D eigenvalue weighted by Crippen LogP contribution is -2.30. The van der Waals surface area contributed by atoms with Gasteiger partial charge in [0.05, 0.1) is 12.2 Å². The predicted molar refractivity (Wildman–Crippen MR) is 98.1 cm³/mol. The molecule has 0 heterocycles. The van der Waals surface area contributed by atoms with Gasteiger partial charge in [-0.25, -0.2) is 4.79 Å². The number of ether oxygens (including phenoxy) is 2. The molecule has 0 fully saturated rings. The van der Waals surface area contributed by atoms with Crippen molar-refractivity contribution in [2.75, 3.05) is 25.5 Å². The quantitative estimate of drug-likeness (QED) is 0.423. The van der Waals surface area contributed by atoms with Crippen LogP contribution in [0.5, 0.6) is 5.75 Å². The fourth-order valence-corrected chi connectivity index (χ4v) is 2.79. The van der Waals surface area contributed by atoms with Crippen molar-refractivity contribution in [2.24, 2.45) is 0 Å². The first-order chi connectivity index (χ1) is 12.2. The summed E-state index contributed by atoms with van der Waals surface area (Å²) in [6, 6.07) is 16.6. The molecule has 0 bridgehead atoms. The van der Waals surface area contributed by atoms with Crippen molar-refractivity contribution in [1.29, 1.82) is 0 Å². The van der Waals surface area contributed by atoms with Gasteiger partial charge < -0.3 is 14.8 Å². The maximum Gasteiger partial charge on any atom is 0.338 e. The zero-order chi connectivity index (χ0) is 17.9. The van der Waals surface area contributed by atoms with Crippen LogP contribution in [0.25, 0.3) is 0 Å². The summed E-state index contributed by atoms with van der Waals surface area (Å²) in [5.41, 5.74) is 0.402. The zero-order valence-electron chi connectivity index (χ0n) is 14.1. The van der Waals surface area contributed by atoms with Crippen molar-refractivity contribution in [3.63, 3.8) is 0 Å². The van der Waals surface area contributed by atoms with Crippen molar-refractivity contribution >= 4 is 23.6 Å². The molecule has 132 valence electrons. The van der Waals surface area contributed by atoms with Gasteiger partial charge in [-0.05, 0) is 37.3 Å². The number of hydrogen-bond acceptors (Lipinski definition) is 5. The van der Waals surface area contributed by atoms with Crippen LogP contribution >= 0.6 is 11.8 Å². The van der Waals surface area contributed by atoms with E-state index < -0.39 is 5.97 Å². The van der Waals surface area contributed by atoms with Gasteiger partial charge in [-0.1, -0.05) is 24.3 Å². The van der Waals surface area contributed by atoms with Gasteiger partial charge in [-0.2, -0.15) is 0 Å². The Morgan fingerprint density at radius 2 is 1.88 bits per heavy atom. The number of amides is 1. The number of thioether (sulfide) groups is 1. The number of carbonyl (C=O) groups is 2. The molecular weight excluding hydrogens is 338 g/mol. The van der Waals surface area contributed by atoms with Gasteiger partial charge >= 0.3 is 5.97 Å². The Morgan fingerprint density at radius 1 is 1.08 bits per heavy atom. The fourth-order valence-electron chi connectivity index (χ4n) is 2.00. The summed E-state index contributed by atoms with van der Waals surface area (Å²) in [4.78, 5) is 24.6. The average molecular weight is 359 g/mol. The Kier molecular flexibility index (Phi) is 7.85. The van der Waals surface area contributed by atoms with E-state index in [9.17, 15) is 9.59 Å². The Morgan fingerprint density at radius 3 is 2.64 bits per heavy atom. The molecule has 0 spiro atoms. The minimum Gasteiger partial charge on any atom is -0.484 e. The Labute approximate surface area is 151 Å². The highest BCUT2D eigenvalue weighted by Gasteiger charge is 2.08. The van der Waals surface area contributed by atoms with E-state index in [0.29, 0.717) is 24.5 Å². The highest BCUT2D eigenvalue weighted by atomic mass is 32.2. The lowest BCUT2D eigenvalue weighted by molar-refractivity contribution is -0.122. The molecule has 2 aromatic carbocycles. The number of nitrogens with one attached hydrogen (secondary N) is 1. The van der Waals surface area contributed by atoms with E-state index in [1.54, 1.807) is 43.0 Å². The summed E-state index contributed by atoms with van der Waals surface area (Å²) in [7, 11) is 0. The largest absolute Gasteiger partial charge is 0.484 e. The molecule has 25 heavy (non-hydrogen) atoms. The number of carbonyl (C=O) groups excluding carboxylic acids is 2. The van der Waals surface area contributed by atoms with Crippen LogP contribution in [0.2, 0.25) is 0 Å². The molecule has 0 unspecified atom stereocenters. The SMILES string of the molecule is CCOC(=O)c1cccc(OCC(=O)NCCSc2ccccc2)c1. The molecule has 2 rings (SSSR count). The summed E-state index contributed by atoms with van der Waals surface area (Å²) in [5, 5.41) is 2.80. The molecule has 1 N–H and O–H groups in total. The van der Waals surface area contributed by atoms with Crippen LogP contribution in [-0.2, 0) is 9.53 Å². The topological polar surface area (TPSA) is 64.6 Å². The summed E-state index contributed by atoms with van der Waals surface area (Å²) >= 11 is 1.68. The van der Waals surface area contributed by atoms with Crippen LogP contribution in [0.4, 0.5) is 0 Å². The van der Waals surface area contributed by atoms with Crippen LogP contribution < -0.4 is 10.1 Å². The molecule has 0 aliphatic heterocycles. The molecule has 0 radical (unpaired) electrons. The van der Waals surface area contributed by atoms with E-state index in [-0.39, 0.29) is 12.5 Å². The van der Waals surface area contributed by atoms with Crippen LogP contribution in [0, 0.1) is 0 Å². The Balaban J connectivity index is 1.69. The first-order valence-corrected chi connectivity index (χ1v) is 9.02. The standard InChI is InChI=1S/C19H21NO4S/c1-2-23-19(22)15-7-6-8-16(13-15)24-14-18(21)20-11-12-25-17-9-4-3-5-10-17/h3-10,13H,2,11-12,14H2,1H3,(H,20,21). The summed E-state index contributed by atoms with van der Waals surface area (Å²) < 4.78 is 10.4. The number of benzene rings is 2. The molecule has 0 atom stereocenters. The maximum atomic E-state index is 11.8. The minimum atomic E-state index is -0.407. The van der Waals surface area contributed by atoms with Gasteiger partial charge in [0.2, 0.25) is 0 Å². The Bertz CT molecular complexity index is 691. The predicted octanol–water partition coefficient (Wildman–Crippen LogP) is 3.15. The third kappa shape index (κ3) is 6.89. The highest BCUT2D eigenvalue weighted by molar-refractivity contribution is 7.99.